The van der Waals surface area contributed by atoms with E-state index in [4.69, 9.17) is 11.6 Å². The summed E-state index contributed by atoms with van der Waals surface area (Å²) in [4.78, 5) is 27.9. The Morgan fingerprint density at radius 2 is 1.89 bits per heavy atom. The predicted molar refractivity (Wildman–Crippen MR) is 106 cm³/mol. The number of anilines is 2. The fraction of sp³-hybridized carbons (Fsp3) is 0.111. The highest BCUT2D eigenvalue weighted by Crippen LogP contribution is 2.26. The molecule has 2 amide bonds. The first-order valence-electron chi connectivity index (χ1n) is 7.97. The summed E-state index contributed by atoms with van der Waals surface area (Å²) >= 11 is 7.52. The number of halogens is 1. The molecule has 0 atom stereocenters. The van der Waals surface area contributed by atoms with E-state index in [1.165, 1.54) is 25.0 Å². The molecule has 3 aromatic rings. The van der Waals surface area contributed by atoms with Crippen molar-refractivity contribution in [1.29, 1.82) is 0 Å². The molecule has 0 aliphatic rings. The van der Waals surface area contributed by atoms with Crippen LogP contribution in [0.3, 0.4) is 0 Å². The summed E-state index contributed by atoms with van der Waals surface area (Å²) in [6, 6.07) is 12.1. The number of hydrogen-bond acceptors (Lipinski definition) is 5. The topological polar surface area (TPSA) is 99.8 Å². The van der Waals surface area contributed by atoms with Crippen molar-refractivity contribution in [2.45, 2.75) is 17.8 Å². The number of aromatic nitrogens is 3. The Labute approximate surface area is 164 Å². The van der Waals surface area contributed by atoms with Gasteiger partial charge in [-0.25, -0.2) is 4.98 Å². The quantitative estimate of drug-likeness (QED) is 0.543. The first kappa shape index (κ1) is 18.9. The van der Waals surface area contributed by atoms with Crippen LogP contribution in [-0.4, -0.2) is 27.0 Å². The number of thioether (sulfide) groups is 1. The SMILES string of the molecule is CC(=O)Nc1ccc(Cl)cc1NC(=O)c1ccc(CSc2ncn[nH]2)cc1. The lowest BCUT2D eigenvalue weighted by atomic mass is 10.1. The Balaban J connectivity index is 1.67. The van der Waals surface area contributed by atoms with Gasteiger partial charge in [0, 0.05) is 23.3 Å². The third-order valence-corrected chi connectivity index (χ3v) is 4.71. The zero-order valence-electron chi connectivity index (χ0n) is 14.3. The minimum Gasteiger partial charge on any atom is -0.325 e. The van der Waals surface area contributed by atoms with E-state index in [0.717, 1.165) is 10.7 Å². The van der Waals surface area contributed by atoms with E-state index in [1.807, 2.05) is 12.1 Å². The highest BCUT2D eigenvalue weighted by atomic mass is 35.5. The molecule has 0 radical (unpaired) electrons. The van der Waals surface area contributed by atoms with E-state index < -0.39 is 0 Å². The zero-order valence-corrected chi connectivity index (χ0v) is 15.9. The van der Waals surface area contributed by atoms with Crippen LogP contribution in [0.1, 0.15) is 22.8 Å². The average molecular weight is 402 g/mol. The molecule has 27 heavy (non-hydrogen) atoms. The van der Waals surface area contributed by atoms with Crippen molar-refractivity contribution in [3.63, 3.8) is 0 Å². The van der Waals surface area contributed by atoms with Gasteiger partial charge in [-0.3, -0.25) is 14.7 Å². The number of carbonyl (C=O) groups excluding carboxylic acids is 2. The predicted octanol–water partition coefficient (Wildman–Crippen LogP) is 3.96. The van der Waals surface area contributed by atoms with Crippen LogP contribution in [0.15, 0.2) is 53.9 Å². The molecule has 0 saturated carbocycles. The Kier molecular flexibility index (Phi) is 6.10. The molecule has 3 N–H and O–H groups in total. The van der Waals surface area contributed by atoms with Crippen molar-refractivity contribution >= 4 is 46.6 Å². The molecular formula is C18H16ClN5O2S. The van der Waals surface area contributed by atoms with Crippen molar-refractivity contribution in [1.82, 2.24) is 15.2 Å². The minimum absolute atomic E-state index is 0.235. The Bertz CT molecular complexity index is 945. The maximum atomic E-state index is 12.5. The van der Waals surface area contributed by atoms with E-state index in [-0.39, 0.29) is 11.8 Å². The minimum atomic E-state index is -0.293. The second kappa shape index (κ2) is 8.70. The molecule has 2 aromatic carbocycles. The van der Waals surface area contributed by atoms with E-state index in [0.29, 0.717) is 27.7 Å². The van der Waals surface area contributed by atoms with Gasteiger partial charge in [-0.05, 0) is 35.9 Å². The molecule has 0 spiro atoms. The molecule has 0 saturated heterocycles. The van der Waals surface area contributed by atoms with Gasteiger partial charge in [0.25, 0.3) is 5.91 Å². The molecule has 0 bridgehead atoms. The highest BCUT2D eigenvalue weighted by molar-refractivity contribution is 7.98. The van der Waals surface area contributed by atoms with Crippen molar-refractivity contribution in [3.8, 4) is 0 Å². The number of aromatic amines is 1. The van der Waals surface area contributed by atoms with Crippen LogP contribution in [0.25, 0.3) is 0 Å². The summed E-state index contributed by atoms with van der Waals surface area (Å²) in [6.07, 6.45) is 1.46. The average Bonchev–Trinajstić information content (AvgIpc) is 3.16. The van der Waals surface area contributed by atoms with Crippen molar-refractivity contribution in [3.05, 3.63) is 64.9 Å². The fourth-order valence-corrected chi connectivity index (χ4v) is 3.19. The van der Waals surface area contributed by atoms with E-state index in [2.05, 4.69) is 25.8 Å². The van der Waals surface area contributed by atoms with Crippen LogP contribution in [0.2, 0.25) is 5.02 Å². The normalized spacial score (nSPS) is 10.4. The van der Waals surface area contributed by atoms with Crippen LogP contribution in [0.4, 0.5) is 11.4 Å². The maximum absolute atomic E-state index is 12.5. The summed E-state index contributed by atoms with van der Waals surface area (Å²) in [5.41, 5.74) is 2.47. The Morgan fingerprint density at radius 3 is 2.56 bits per heavy atom. The molecule has 3 rings (SSSR count). The summed E-state index contributed by atoms with van der Waals surface area (Å²) in [6.45, 7) is 1.40. The number of H-pyrrole nitrogens is 1. The molecular weight excluding hydrogens is 386 g/mol. The van der Waals surface area contributed by atoms with Crippen LogP contribution in [-0.2, 0) is 10.5 Å². The van der Waals surface area contributed by atoms with Gasteiger partial charge in [-0.15, -0.1) is 0 Å². The number of hydrogen-bond donors (Lipinski definition) is 3. The number of nitrogens with one attached hydrogen (secondary N) is 3. The maximum Gasteiger partial charge on any atom is 0.255 e. The lowest BCUT2D eigenvalue weighted by molar-refractivity contribution is -0.114. The molecule has 0 aliphatic heterocycles. The fourth-order valence-electron chi connectivity index (χ4n) is 2.28. The van der Waals surface area contributed by atoms with Crippen molar-refractivity contribution in [2.75, 3.05) is 10.6 Å². The van der Waals surface area contributed by atoms with Gasteiger partial charge < -0.3 is 10.6 Å². The zero-order chi connectivity index (χ0) is 19.2. The number of carbonyl (C=O) groups is 2. The van der Waals surface area contributed by atoms with Gasteiger partial charge in [0.15, 0.2) is 5.16 Å². The summed E-state index contributed by atoms with van der Waals surface area (Å²) in [5, 5.41) is 13.2. The molecule has 0 fully saturated rings. The van der Waals surface area contributed by atoms with Gasteiger partial charge in [0.05, 0.1) is 11.4 Å². The number of nitrogens with zero attached hydrogens (tertiary/aromatic N) is 2. The van der Waals surface area contributed by atoms with Gasteiger partial charge in [-0.2, -0.15) is 5.10 Å². The second-order valence-corrected chi connectivity index (χ2v) is 7.00. The smallest absolute Gasteiger partial charge is 0.255 e. The monoisotopic (exact) mass is 401 g/mol. The molecule has 0 unspecified atom stereocenters. The summed E-state index contributed by atoms with van der Waals surface area (Å²) in [5.74, 6) is 0.178. The van der Waals surface area contributed by atoms with E-state index >= 15 is 0 Å². The third-order valence-electron chi connectivity index (χ3n) is 3.53. The molecule has 1 heterocycles. The highest BCUT2D eigenvalue weighted by Gasteiger charge is 2.11. The Hall–Kier alpha value is -2.84. The first-order chi connectivity index (χ1) is 13.0. The van der Waals surface area contributed by atoms with Crippen LogP contribution >= 0.6 is 23.4 Å². The largest absolute Gasteiger partial charge is 0.325 e. The van der Waals surface area contributed by atoms with E-state index in [9.17, 15) is 9.59 Å². The summed E-state index contributed by atoms with van der Waals surface area (Å²) < 4.78 is 0. The van der Waals surface area contributed by atoms with Gasteiger partial charge >= 0.3 is 0 Å². The second-order valence-electron chi connectivity index (χ2n) is 5.60. The Morgan fingerprint density at radius 1 is 1.11 bits per heavy atom. The standard InChI is InChI=1S/C18H16ClN5O2S/c1-11(25)22-15-7-6-14(19)8-16(15)23-17(26)13-4-2-12(3-5-13)9-27-18-20-10-21-24-18/h2-8,10H,9H2,1H3,(H,22,25)(H,23,26)(H,20,21,24). The van der Waals surface area contributed by atoms with Crippen molar-refractivity contribution < 1.29 is 9.59 Å². The van der Waals surface area contributed by atoms with Crippen LogP contribution in [0, 0.1) is 0 Å². The third kappa shape index (κ3) is 5.32. The van der Waals surface area contributed by atoms with Crippen LogP contribution < -0.4 is 10.6 Å². The molecule has 1 aromatic heterocycles. The molecule has 138 valence electrons. The first-order valence-corrected chi connectivity index (χ1v) is 9.33. The number of amides is 2. The van der Waals surface area contributed by atoms with Gasteiger partial charge in [-0.1, -0.05) is 35.5 Å². The molecule has 9 heteroatoms. The number of rotatable bonds is 6. The molecule has 0 aliphatic carbocycles. The summed E-state index contributed by atoms with van der Waals surface area (Å²) in [7, 11) is 0. The van der Waals surface area contributed by atoms with E-state index in [1.54, 1.807) is 30.3 Å². The van der Waals surface area contributed by atoms with Crippen LogP contribution in [0.5, 0.6) is 0 Å². The number of benzene rings is 2. The van der Waals surface area contributed by atoms with Gasteiger partial charge in [0.2, 0.25) is 5.91 Å². The lowest BCUT2D eigenvalue weighted by Gasteiger charge is -2.12. The lowest BCUT2D eigenvalue weighted by Crippen LogP contribution is -2.15. The van der Waals surface area contributed by atoms with Crippen molar-refractivity contribution in [2.24, 2.45) is 0 Å². The molecule has 7 nitrogen and oxygen atoms in total. The van der Waals surface area contributed by atoms with Gasteiger partial charge in [0.1, 0.15) is 6.33 Å².